The maximum atomic E-state index is 4.33. The molecule has 0 radical (unpaired) electrons. The van der Waals surface area contributed by atoms with Crippen molar-refractivity contribution in [1.29, 1.82) is 0 Å². The van der Waals surface area contributed by atoms with E-state index >= 15 is 0 Å². The standard InChI is InChI=1S/C14H22N2/c1-12(13-7-3-2-4-8-13)16-11-14-9-5-6-10-15-14/h5-6,9-10,12-13,16H,2-4,7-8,11H2,1H3. The zero-order valence-electron chi connectivity index (χ0n) is 10.2. The summed E-state index contributed by atoms with van der Waals surface area (Å²) in [5.41, 5.74) is 1.14. The van der Waals surface area contributed by atoms with Gasteiger partial charge in [0, 0.05) is 18.8 Å². The average molecular weight is 218 g/mol. The SMILES string of the molecule is CC(NCc1ccccn1)C1CCCCC1. The molecule has 1 N–H and O–H groups in total. The zero-order valence-corrected chi connectivity index (χ0v) is 10.2. The first-order valence-corrected chi connectivity index (χ1v) is 6.49. The highest BCUT2D eigenvalue weighted by molar-refractivity contribution is 5.03. The summed E-state index contributed by atoms with van der Waals surface area (Å²) in [5, 5.41) is 3.61. The molecule has 1 aromatic rings. The lowest BCUT2D eigenvalue weighted by molar-refractivity contribution is 0.280. The Balaban J connectivity index is 1.76. The fourth-order valence-corrected chi connectivity index (χ4v) is 2.57. The number of nitrogens with one attached hydrogen (secondary N) is 1. The Labute approximate surface area is 98.5 Å². The van der Waals surface area contributed by atoms with Crippen LogP contribution in [0.15, 0.2) is 24.4 Å². The molecule has 1 fully saturated rings. The van der Waals surface area contributed by atoms with Gasteiger partial charge in [-0.1, -0.05) is 25.3 Å². The zero-order chi connectivity index (χ0) is 11.2. The number of aromatic nitrogens is 1. The fourth-order valence-electron chi connectivity index (χ4n) is 2.57. The molecule has 88 valence electrons. The van der Waals surface area contributed by atoms with Gasteiger partial charge in [0.05, 0.1) is 5.69 Å². The first kappa shape index (κ1) is 11.6. The third kappa shape index (κ3) is 3.31. The maximum absolute atomic E-state index is 4.33. The first-order chi connectivity index (χ1) is 7.86. The van der Waals surface area contributed by atoms with Crippen molar-refractivity contribution in [2.24, 2.45) is 5.92 Å². The monoisotopic (exact) mass is 218 g/mol. The van der Waals surface area contributed by atoms with Gasteiger partial charge in [-0.25, -0.2) is 0 Å². The van der Waals surface area contributed by atoms with E-state index < -0.39 is 0 Å². The molecule has 2 heteroatoms. The van der Waals surface area contributed by atoms with Gasteiger partial charge in [0.1, 0.15) is 0 Å². The van der Waals surface area contributed by atoms with Crippen LogP contribution in [-0.2, 0) is 6.54 Å². The van der Waals surface area contributed by atoms with E-state index in [-0.39, 0.29) is 0 Å². The van der Waals surface area contributed by atoms with Crippen LogP contribution >= 0.6 is 0 Å². The highest BCUT2D eigenvalue weighted by Gasteiger charge is 2.19. The summed E-state index contributed by atoms with van der Waals surface area (Å²) < 4.78 is 0. The van der Waals surface area contributed by atoms with Gasteiger partial charge in [-0.15, -0.1) is 0 Å². The minimum absolute atomic E-state index is 0.627. The molecular formula is C14H22N2. The van der Waals surface area contributed by atoms with E-state index in [4.69, 9.17) is 0 Å². The second-order valence-corrected chi connectivity index (χ2v) is 4.89. The Morgan fingerprint density at radius 2 is 2.12 bits per heavy atom. The van der Waals surface area contributed by atoms with Gasteiger partial charge in [-0.3, -0.25) is 4.98 Å². The summed E-state index contributed by atoms with van der Waals surface area (Å²) in [6, 6.07) is 6.73. The van der Waals surface area contributed by atoms with Crippen LogP contribution in [0, 0.1) is 5.92 Å². The molecule has 0 saturated heterocycles. The van der Waals surface area contributed by atoms with Crippen molar-refractivity contribution in [3.63, 3.8) is 0 Å². The van der Waals surface area contributed by atoms with E-state index in [0.29, 0.717) is 6.04 Å². The average Bonchev–Trinajstić information content (AvgIpc) is 2.38. The van der Waals surface area contributed by atoms with Crippen molar-refractivity contribution in [1.82, 2.24) is 10.3 Å². The van der Waals surface area contributed by atoms with Gasteiger partial charge in [0.25, 0.3) is 0 Å². The van der Waals surface area contributed by atoms with Crippen molar-refractivity contribution in [2.75, 3.05) is 0 Å². The van der Waals surface area contributed by atoms with Crippen LogP contribution < -0.4 is 5.32 Å². The Morgan fingerprint density at radius 1 is 1.31 bits per heavy atom. The minimum Gasteiger partial charge on any atom is -0.308 e. The Bertz CT molecular complexity index is 291. The van der Waals surface area contributed by atoms with Crippen LogP contribution in [0.2, 0.25) is 0 Å². The summed E-state index contributed by atoms with van der Waals surface area (Å²) >= 11 is 0. The van der Waals surface area contributed by atoms with Crippen molar-refractivity contribution >= 4 is 0 Å². The molecule has 1 heterocycles. The van der Waals surface area contributed by atoms with Crippen molar-refractivity contribution < 1.29 is 0 Å². The molecule has 0 aliphatic heterocycles. The molecule has 2 nitrogen and oxygen atoms in total. The van der Waals surface area contributed by atoms with Gasteiger partial charge >= 0.3 is 0 Å². The summed E-state index contributed by atoms with van der Waals surface area (Å²) in [6.45, 7) is 3.22. The lowest BCUT2D eigenvalue weighted by Gasteiger charge is -2.28. The Morgan fingerprint density at radius 3 is 2.81 bits per heavy atom. The molecule has 0 aromatic carbocycles. The molecule has 1 atom stereocenters. The van der Waals surface area contributed by atoms with Crippen LogP contribution in [0.25, 0.3) is 0 Å². The number of rotatable bonds is 4. The summed E-state index contributed by atoms with van der Waals surface area (Å²) in [6.07, 6.45) is 8.93. The molecule has 1 aromatic heterocycles. The normalized spacial score (nSPS) is 19.6. The highest BCUT2D eigenvalue weighted by atomic mass is 14.9. The summed E-state index contributed by atoms with van der Waals surface area (Å²) in [4.78, 5) is 4.33. The van der Waals surface area contributed by atoms with Gasteiger partial charge in [0.15, 0.2) is 0 Å². The van der Waals surface area contributed by atoms with Crippen molar-refractivity contribution in [2.45, 2.75) is 51.6 Å². The third-order valence-corrected chi connectivity index (χ3v) is 3.69. The van der Waals surface area contributed by atoms with Crippen molar-refractivity contribution in [3.05, 3.63) is 30.1 Å². The van der Waals surface area contributed by atoms with Gasteiger partial charge in [-0.05, 0) is 37.8 Å². The van der Waals surface area contributed by atoms with Crippen LogP contribution in [-0.4, -0.2) is 11.0 Å². The van der Waals surface area contributed by atoms with Gasteiger partial charge in [0.2, 0.25) is 0 Å². The minimum atomic E-state index is 0.627. The second-order valence-electron chi connectivity index (χ2n) is 4.89. The van der Waals surface area contributed by atoms with E-state index in [2.05, 4.69) is 29.4 Å². The fraction of sp³-hybridized carbons (Fsp3) is 0.643. The van der Waals surface area contributed by atoms with E-state index in [1.807, 2.05) is 12.3 Å². The lowest BCUT2D eigenvalue weighted by Crippen LogP contribution is -2.34. The van der Waals surface area contributed by atoms with Crippen LogP contribution in [0.5, 0.6) is 0 Å². The van der Waals surface area contributed by atoms with E-state index in [0.717, 1.165) is 18.2 Å². The van der Waals surface area contributed by atoms with Crippen LogP contribution in [0.3, 0.4) is 0 Å². The molecule has 0 spiro atoms. The third-order valence-electron chi connectivity index (χ3n) is 3.69. The quantitative estimate of drug-likeness (QED) is 0.839. The molecule has 1 saturated carbocycles. The van der Waals surface area contributed by atoms with Crippen molar-refractivity contribution in [3.8, 4) is 0 Å². The predicted molar refractivity (Wildman–Crippen MR) is 67.1 cm³/mol. The van der Waals surface area contributed by atoms with E-state index in [1.165, 1.54) is 32.1 Å². The molecule has 0 bridgehead atoms. The molecule has 0 amide bonds. The second kappa shape index (κ2) is 6.00. The molecular weight excluding hydrogens is 196 g/mol. The molecule has 16 heavy (non-hydrogen) atoms. The molecule has 2 rings (SSSR count). The smallest absolute Gasteiger partial charge is 0.0541 e. The number of hydrogen-bond acceptors (Lipinski definition) is 2. The lowest BCUT2D eigenvalue weighted by atomic mass is 9.84. The molecule has 1 unspecified atom stereocenters. The molecule has 1 aliphatic rings. The topological polar surface area (TPSA) is 24.9 Å². The number of hydrogen-bond donors (Lipinski definition) is 1. The Kier molecular flexibility index (Phi) is 4.34. The largest absolute Gasteiger partial charge is 0.308 e. The maximum Gasteiger partial charge on any atom is 0.0541 e. The first-order valence-electron chi connectivity index (χ1n) is 6.49. The van der Waals surface area contributed by atoms with Gasteiger partial charge in [-0.2, -0.15) is 0 Å². The summed E-state index contributed by atoms with van der Waals surface area (Å²) in [7, 11) is 0. The molecule has 1 aliphatic carbocycles. The predicted octanol–water partition coefficient (Wildman–Crippen LogP) is 3.14. The van der Waals surface area contributed by atoms with Gasteiger partial charge < -0.3 is 5.32 Å². The number of pyridine rings is 1. The number of nitrogens with zero attached hydrogens (tertiary/aromatic N) is 1. The summed E-state index contributed by atoms with van der Waals surface area (Å²) in [5.74, 6) is 0.873. The van der Waals surface area contributed by atoms with Crippen LogP contribution in [0.1, 0.15) is 44.7 Å². The van der Waals surface area contributed by atoms with E-state index in [9.17, 15) is 0 Å². The highest BCUT2D eigenvalue weighted by Crippen LogP contribution is 2.26. The Hall–Kier alpha value is -0.890. The van der Waals surface area contributed by atoms with E-state index in [1.54, 1.807) is 0 Å². The van der Waals surface area contributed by atoms with Crippen LogP contribution in [0.4, 0.5) is 0 Å².